The molecule has 0 unspecified atom stereocenters. The van der Waals surface area contributed by atoms with E-state index >= 15 is 0 Å². The van der Waals surface area contributed by atoms with Crippen molar-refractivity contribution in [2.45, 2.75) is 14.7 Å². The lowest BCUT2D eigenvalue weighted by Gasteiger charge is -2.08. The van der Waals surface area contributed by atoms with Gasteiger partial charge in [-0.1, -0.05) is 47.7 Å². The van der Waals surface area contributed by atoms with Crippen LogP contribution in [0.15, 0.2) is 130 Å². The molecule has 38 heavy (non-hydrogen) atoms. The fourth-order valence-corrected chi connectivity index (χ4v) is 7.08. The molecule has 0 aliphatic carbocycles. The van der Waals surface area contributed by atoms with Gasteiger partial charge in [0.15, 0.2) is 20.5 Å². The summed E-state index contributed by atoms with van der Waals surface area (Å²) in [4.78, 5) is 21.3. The maximum absolute atomic E-state index is 13.0. The van der Waals surface area contributed by atoms with Crippen molar-refractivity contribution in [1.82, 2.24) is 14.8 Å². The number of fused-ring (bicyclic) bond motifs is 1. The number of carbonyl (C=O) groups is 1. The minimum absolute atomic E-state index is 0.213. The van der Waals surface area contributed by atoms with Crippen molar-refractivity contribution >= 4 is 44.2 Å². The van der Waals surface area contributed by atoms with E-state index in [9.17, 15) is 4.79 Å². The average molecular weight is 536 g/mol. The zero-order chi connectivity index (χ0) is 25.9. The Bertz CT molecular complexity index is 1660. The molecule has 0 aliphatic heterocycles. The first kappa shape index (κ1) is 24.0. The van der Waals surface area contributed by atoms with Gasteiger partial charge in [0.2, 0.25) is 5.13 Å². The molecular formula is C30H23N4O2S2+. The molecule has 1 amide bonds. The molecule has 6 rings (SSSR count). The van der Waals surface area contributed by atoms with Gasteiger partial charge < -0.3 is 10.1 Å². The van der Waals surface area contributed by atoms with Crippen LogP contribution in [0.1, 0.15) is 10.4 Å². The van der Waals surface area contributed by atoms with Crippen LogP contribution in [0.25, 0.3) is 15.3 Å². The zero-order valence-electron chi connectivity index (χ0n) is 20.4. The van der Waals surface area contributed by atoms with Crippen LogP contribution in [-0.4, -0.2) is 27.8 Å². The number of benzene rings is 4. The fourth-order valence-electron chi connectivity index (χ4n) is 4.07. The summed E-state index contributed by atoms with van der Waals surface area (Å²) >= 11 is 1.51. The summed E-state index contributed by atoms with van der Waals surface area (Å²) in [5, 5.41) is 8.13. The molecule has 6 aromatic rings. The van der Waals surface area contributed by atoms with Crippen LogP contribution in [0.4, 0.5) is 5.82 Å². The van der Waals surface area contributed by atoms with E-state index in [1.807, 2.05) is 54.6 Å². The minimum atomic E-state index is -0.262. The Kier molecular flexibility index (Phi) is 6.64. The van der Waals surface area contributed by atoms with Gasteiger partial charge in [-0.3, -0.25) is 4.79 Å². The molecule has 0 saturated heterocycles. The molecule has 0 spiro atoms. The first-order chi connectivity index (χ1) is 18.7. The second-order valence-corrected chi connectivity index (χ2v) is 11.4. The van der Waals surface area contributed by atoms with Crippen LogP contribution >= 0.6 is 11.3 Å². The van der Waals surface area contributed by atoms with Crippen molar-refractivity contribution in [2.24, 2.45) is 0 Å². The van der Waals surface area contributed by atoms with Crippen LogP contribution in [0.2, 0.25) is 0 Å². The van der Waals surface area contributed by atoms with E-state index in [-0.39, 0.29) is 16.8 Å². The second-order valence-electron chi connectivity index (χ2n) is 8.39. The van der Waals surface area contributed by atoms with Gasteiger partial charge in [0.05, 0.1) is 28.2 Å². The molecule has 4 aromatic carbocycles. The SMILES string of the molecule is COc1ccc2nc(-n3ccc(NC(=O)c4ccc([S+](c5ccccc5)c5ccccc5)cc4)n3)sc2c1. The summed E-state index contributed by atoms with van der Waals surface area (Å²) in [6, 6.07) is 36.2. The van der Waals surface area contributed by atoms with Crippen molar-refractivity contribution in [3.8, 4) is 10.9 Å². The summed E-state index contributed by atoms with van der Waals surface area (Å²) in [5.41, 5.74) is 1.44. The molecule has 0 saturated carbocycles. The molecule has 6 nitrogen and oxygen atoms in total. The third-order valence-corrected chi connectivity index (χ3v) is 9.16. The molecule has 0 bridgehead atoms. The summed E-state index contributed by atoms with van der Waals surface area (Å²) in [6.07, 6.45) is 1.79. The van der Waals surface area contributed by atoms with Gasteiger partial charge in [-0.2, -0.15) is 0 Å². The largest absolute Gasteiger partial charge is 0.497 e. The number of thiazole rings is 1. The number of rotatable bonds is 7. The maximum Gasteiger partial charge on any atom is 0.256 e. The molecule has 1 N–H and O–H groups in total. The average Bonchev–Trinajstić information content (AvgIpc) is 3.61. The van der Waals surface area contributed by atoms with Gasteiger partial charge in [0.1, 0.15) is 5.75 Å². The molecule has 2 aromatic heterocycles. The van der Waals surface area contributed by atoms with Crippen LogP contribution in [0.3, 0.4) is 0 Å². The van der Waals surface area contributed by atoms with E-state index in [0.29, 0.717) is 16.5 Å². The summed E-state index contributed by atoms with van der Waals surface area (Å²) in [5.74, 6) is 1.03. The zero-order valence-corrected chi connectivity index (χ0v) is 22.1. The number of anilines is 1. The first-order valence-electron chi connectivity index (χ1n) is 11.9. The number of amides is 1. The van der Waals surface area contributed by atoms with Gasteiger partial charge in [0, 0.05) is 17.8 Å². The van der Waals surface area contributed by atoms with Gasteiger partial charge in [-0.05, 0) is 66.7 Å². The van der Waals surface area contributed by atoms with Crippen molar-refractivity contribution < 1.29 is 9.53 Å². The first-order valence-corrected chi connectivity index (χ1v) is 14.0. The Morgan fingerprint density at radius 2 is 1.50 bits per heavy atom. The Hall–Kier alpha value is -4.40. The number of ether oxygens (including phenoxy) is 1. The van der Waals surface area contributed by atoms with Gasteiger partial charge in [0.25, 0.3) is 5.91 Å². The molecule has 186 valence electrons. The normalized spacial score (nSPS) is 11.1. The Morgan fingerprint density at radius 1 is 0.842 bits per heavy atom. The van der Waals surface area contributed by atoms with Crippen LogP contribution in [0, 0.1) is 0 Å². The van der Waals surface area contributed by atoms with E-state index in [1.54, 1.807) is 24.1 Å². The number of methoxy groups -OCH3 is 1. The third kappa shape index (κ3) is 4.91. The smallest absolute Gasteiger partial charge is 0.256 e. The Labute approximate surface area is 226 Å². The summed E-state index contributed by atoms with van der Waals surface area (Å²) in [6.45, 7) is 0. The van der Waals surface area contributed by atoms with E-state index < -0.39 is 0 Å². The topological polar surface area (TPSA) is 69.0 Å². The number of nitrogens with zero attached hydrogens (tertiary/aromatic N) is 3. The van der Waals surface area contributed by atoms with E-state index in [2.05, 4.69) is 63.9 Å². The number of nitrogens with one attached hydrogen (secondary N) is 1. The number of hydrogen-bond donors (Lipinski definition) is 1. The highest BCUT2D eigenvalue weighted by atomic mass is 32.2. The molecule has 2 heterocycles. The Morgan fingerprint density at radius 3 is 2.16 bits per heavy atom. The summed E-state index contributed by atoms with van der Waals surface area (Å²) in [7, 11) is 1.38. The predicted molar refractivity (Wildman–Crippen MR) is 153 cm³/mol. The van der Waals surface area contributed by atoms with Crippen molar-refractivity contribution in [2.75, 3.05) is 12.4 Å². The highest BCUT2D eigenvalue weighted by molar-refractivity contribution is 7.97. The summed E-state index contributed by atoms with van der Waals surface area (Å²) < 4.78 is 7.97. The minimum Gasteiger partial charge on any atom is -0.497 e. The fraction of sp³-hybridized carbons (Fsp3) is 0.0333. The molecule has 0 atom stereocenters. The maximum atomic E-state index is 13.0. The third-order valence-electron chi connectivity index (χ3n) is 5.92. The van der Waals surface area contributed by atoms with Gasteiger partial charge >= 0.3 is 0 Å². The van der Waals surface area contributed by atoms with E-state index in [0.717, 1.165) is 20.9 Å². The monoisotopic (exact) mass is 535 g/mol. The van der Waals surface area contributed by atoms with Gasteiger partial charge in [-0.15, -0.1) is 5.10 Å². The highest BCUT2D eigenvalue weighted by Gasteiger charge is 2.28. The van der Waals surface area contributed by atoms with Crippen LogP contribution in [-0.2, 0) is 10.9 Å². The van der Waals surface area contributed by atoms with Crippen molar-refractivity contribution in [1.29, 1.82) is 0 Å². The van der Waals surface area contributed by atoms with E-state index in [1.165, 1.54) is 21.1 Å². The lowest BCUT2D eigenvalue weighted by Crippen LogP contribution is -2.13. The predicted octanol–water partition coefficient (Wildman–Crippen LogP) is 6.84. The van der Waals surface area contributed by atoms with E-state index in [4.69, 9.17) is 4.74 Å². The van der Waals surface area contributed by atoms with Crippen LogP contribution < -0.4 is 10.1 Å². The van der Waals surface area contributed by atoms with Gasteiger partial charge in [-0.25, -0.2) is 9.67 Å². The van der Waals surface area contributed by atoms with Crippen LogP contribution in [0.5, 0.6) is 5.75 Å². The second kappa shape index (κ2) is 10.5. The molecular weight excluding hydrogens is 512 g/mol. The van der Waals surface area contributed by atoms with Crippen molar-refractivity contribution in [3.05, 3.63) is 121 Å². The molecule has 0 fully saturated rings. The number of aromatic nitrogens is 3. The standard InChI is InChI=1S/C30H22N4O2S2/c1-36-22-14-17-26-27(20-22)37-30(31-26)34-19-18-28(33-34)32-29(35)21-12-15-25(16-13-21)38(23-8-4-2-5-9-23)24-10-6-3-7-11-24/h2-20H,1H3/p+1. The lowest BCUT2D eigenvalue weighted by molar-refractivity contribution is 0.102. The van der Waals surface area contributed by atoms with Crippen molar-refractivity contribution in [3.63, 3.8) is 0 Å². The molecule has 0 aliphatic rings. The Balaban J connectivity index is 1.20. The quantitative estimate of drug-likeness (QED) is 0.227. The lowest BCUT2D eigenvalue weighted by atomic mass is 10.2. The molecule has 8 heteroatoms. The number of hydrogen-bond acceptors (Lipinski definition) is 5. The molecule has 0 radical (unpaired) electrons. The number of carbonyl (C=O) groups excluding carboxylic acids is 1. The highest BCUT2D eigenvalue weighted by Crippen LogP contribution is 2.31.